The maximum absolute atomic E-state index is 12.3. The molecular formula is C14H20N2O3S. The van der Waals surface area contributed by atoms with Gasteiger partial charge in [0.05, 0.1) is 12.3 Å². The van der Waals surface area contributed by atoms with Crippen LogP contribution in [0.2, 0.25) is 0 Å². The normalized spacial score (nSPS) is 16.6. The Labute approximate surface area is 120 Å². The number of fused-ring (bicyclic) bond motifs is 1. The van der Waals surface area contributed by atoms with Crippen molar-refractivity contribution in [2.75, 3.05) is 17.6 Å². The zero-order chi connectivity index (χ0) is 14.8. The molecule has 0 bridgehead atoms. The van der Waals surface area contributed by atoms with Crippen molar-refractivity contribution < 1.29 is 13.2 Å². The molecule has 1 aromatic rings. The van der Waals surface area contributed by atoms with E-state index in [1.54, 1.807) is 6.07 Å². The lowest BCUT2D eigenvalue weighted by atomic mass is 10.2. The van der Waals surface area contributed by atoms with Crippen LogP contribution in [-0.4, -0.2) is 30.9 Å². The minimum absolute atomic E-state index is 0.0834. The predicted octanol–water partition coefficient (Wildman–Crippen LogP) is 1.82. The quantitative estimate of drug-likeness (QED) is 0.921. The number of carbonyl (C=O) groups is 1. The second-order valence-corrected chi connectivity index (χ2v) is 7.56. The fourth-order valence-corrected chi connectivity index (χ4v) is 3.76. The van der Waals surface area contributed by atoms with Gasteiger partial charge in [0.15, 0.2) is 0 Å². The highest BCUT2D eigenvalue weighted by molar-refractivity contribution is 7.89. The first-order valence-electron chi connectivity index (χ1n) is 6.74. The van der Waals surface area contributed by atoms with E-state index in [4.69, 9.17) is 0 Å². The molecule has 0 fully saturated rings. The van der Waals surface area contributed by atoms with E-state index in [2.05, 4.69) is 5.32 Å². The Hall–Kier alpha value is -1.40. The summed E-state index contributed by atoms with van der Waals surface area (Å²) in [6.45, 7) is 4.10. The van der Waals surface area contributed by atoms with Gasteiger partial charge in [0.1, 0.15) is 0 Å². The van der Waals surface area contributed by atoms with Crippen LogP contribution in [0.3, 0.4) is 0 Å². The Kier molecular flexibility index (Phi) is 4.45. The van der Waals surface area contributed by atoms with Gasteiger partial charge < -0.3 is 5.32 Å². The van der Waals surface area contributed by atoms with Crippen molar-refractivity contribution in [3.05, 3.63) is 29.8 Å². The number of nitrogens with one attached hydrogen (secondary N) is 1. The summed E-state index contributed by atoms with van der Waals surface area (Å²) in [4.78, 5) is 11.8. The molecule has 0 aromatic heterocycles. The molecule has 1 amide bonds. The van der Waals surface area contributed by atoms with Crippen LogP contribution in [0, 0.1) is 5.92 Å². The van der Waals surface area contributed by atoms with E-state index in [1.807, 2.05) is 32.0 Å². The molecule has 0 atom stereocenters. The van der Waals surface area contributed by atoms with Crippen molar-refractivity contribution in [1.82, 2.24) is 4.31 Å². The maximum atomic E-state index is 12.3. The molecule has 20 heavy (non-hydrogen) atoms. The van der Waals surface area contributed by atoms with E-state index in [-0.39, 0.29) is 24.7 Å². The second kappa shape index (κ2) is 5.93. The van der Waals surface area contributed by atoms with Crippen molar-refractivity contribution >= 4 is 21.6 Å². The van der Waals surface area contributed by atoms with Crippen LogP contribution >= 0.6 is 0 Å². The third-order valence-corrected chi connectivity index (χ3v) is 5.10. The van der Waals surface area contributed by atoms with Crippen molar-refractivity contribution in [2.24, 2.45) is 5.92 Å². The van der Waals surface area contributed by atoms with Crippen LogP contribution in [0.25, 0.3) is 0 Å². The summed E-state index contributed by atoms with van der Waals surface area (Å²) in [5.74, 6) is 0.112. The molecule has 0 radical (unpaired) electrons. The number of rotatable bonds is 4. The lowest BCUT2D eigenvalue weighted by Gasteiger charge is -2.19. The molecule has 1 N–H and O–H groups in total. The Morgan fingerprint density at radius 1 is 1.25 bits per heavy atom. The summed E-state index contributed by atoms with van der Waals surface area (Å²) in [6.07, 6.45) is 0.599. The topological polar surface area (TPSA) is 66.5 Å². The number of amides is 1. The third kappa shape index (κ3) is 3.58. The van der Waals surface area contributed by atoms with E-state index in [9.17, 15) is 13.2 Å². The third-order valence-electron chi connectivity index (χ3n) is 3.30. The van der Waals surface area contributed by atoms with Gasteiger partial charge in [0.25, 0.3) is 0 Å². The zero-order valence-electron chi connectivity index (χ0n) is 11.8. The molecule has 0 aliphatic carbocycles. The molecule has 1 heterocycles. The fourth-order valence-electron chi connectivity index (χ4n) is 2.09. The number of benzene rings is 1. The summed E-state index contributed by atoms with van der Waals surface area (Å²) in [7, 11) is -3.40. The standard InChI is InChI=1S/C14H20N2O3S/c1-11(2)7-8-20(18,19)16-9-12-5-3-4-6-13(12)15-14(17)10-16/h3-6,11H,7-10H2,1-2H3,(H,15,17). The Balaban J connectivity index is 2.23. The minimum atomic E-state index is -3.40. The molecule has 1 aliphatic rings. The molecule has 110 valence electrons. The van der Waals surface area contributed by atoms with Crippen molar-refractivity contribution in [1.29, 1.82) is 0 Å². The fraction of sp³-hybridized carbons (Fsp3) is 0.500. The molecule has 0 saturated carbocycles. The van der Waals surface area contributed by atoms with Gasteiger partial charge in [-0.15, -0.1) is 0 Å². The minimum Gasteiger partial charge on any atom is -0.325 e. The summed E-state index contributed by atoms with van der Waals surface area (Å²) in [5, 5.41) is 2.74. The summed E-state index contributed by atoms with van der Waals surface area (Å²) >= 11 is 0. The van der Waals surface area contributed by atoms with Gasteiger partial charge in [0, 0.05) is 12.2 Å². The highest BCUT2D eigenvalue weighted by Crippen LogP contribution is 2.22. The molecule has 6 heteroatoms. The van der Waals surface area contributed by atoms with Gasteiger partial charge >= 0.3 is 0 Å². The predicted molar refractivity (Wildman–Crippen MR) is 78.7 cm³/mol. The van der Waals surface area contributed by atoms with Gasteiger partial charge in [-0.1, -0.05) is 32.0 Å². The summed E-state index contributed by atoms with van der Waals surface area (Å²) in [6, 6.07) is 7.29. The van der Waals surface area contributed by atoms with Crippen molar-refractivity contribution in [3.8, 4) is 0 Å². The first-order valence-corrected chi connectivity index (χ1v) is 8.35. The highest BCUT2D eigenvalue weighted by Gasteiger charge is 2.28. The number of hydrogen-bond acceptors (Lipinski definition) is 3. The molecule has 0 saturated heterocycles. The van der Waals surface area contributed by atoms with Crippen LogP contribution in [0.15, 0.2) is 24.3 Å². The Morgan fingerprint density at radius 2 is 1.95 bits per heavy atom. The molecule has 2 rings (SSSR count). The molecule has 0 spiro atoms. The number of sulfonamides is 1. The van der Waals surface area contributed by atoms with E-state index in [1.165, 1.54) is 4.31 Å². The van der Waals surface area contributed by atoms with Crippen LogP contribution in [0.1, 0.15) is 25.8 Å². The van der Waals surface area contributed by atoms with Gasteiger partial charge in [-0.2, -0.15) is 4.31 Å². The molecule has 0 unspecified atom stereocenters. The first kappa shape index (κ1) is 15.0. The van der Waals surface area contributed by atoms with Crippen LogP contribution in [-0.2, 0) is 21.4 Å². The largest absolute Gasteiger partial charge is 0.325 e. The van der Waals surface area contributed by atoms with Gasteiger partial charge in [-0.3, -0.25) is 4.79 Å². The number of carbonyl (C=O) groups excluding carboxylic acids is 1. The van der Waals surface area contributed by atoms with Gasteiger partial charge in [0.2, 0.25) is 15.9 Å². The van der Waals surface area contributed by atoms with Crippen LogP contribution in [0.5, 0.6) is 0 Å². The molecule has 1 aromatic carbocycles. The number of para-hydroxylation sites is 1. The molecule has 1 aliphatic heterocycles. The lowest BCUT2D eigenvalue weighted by Crippen LogP contribution is -2.37. The molecule has 5 nitrogen and oxygen atoms in total. The van der Waals surface area contributed by atoms with Gasteiger partial charge in [-0.25, -0.2) is 8.42 Å². The van der Waals surface area contributed by atoms with E-state index in [0.717, 1.165) is 5.56 Å². The summed E-state index contributed by atoms with van der Waals surface area (Å²) < 4.78 is 26.0. The monoisotopic (exact) mass is 296 g/mol. The highest BCUT2D eigenvalue weighted by atomic mass is 32.2. The number of hydrogen-bond donors (Lipinski definition) is 1. The van der Waals surface area contributed by atoms with Crippen LogP contribution < -0.4 is 5.32 Å². The number of anilines is 1. The van der Waals surface area contributed by atoms with Crippen molar-refractivity contribution in [3.63, 3.8) is 0 Å². The average Bonchev–Trinajstić information content (AvgIpc) is 2.55. The first-order chi connectivity index (χ1) is 9.38. The zero-order valence-corrected chi connectivity index (χ0v) is 12.6. The number of nitrogens with zero attached hydrogens (tertiary/aromatic N) is 1. The van der Waals surface area contributed by atoms with E-state index >= 15 is 0 Å². The van der Waals surface area contributed by atoms with Crippen molar-refractivity contribution in [2.45, 2.75) is 26.8 Å². The average molecular weight is 296 g/mol. The smallest absolute Gasteiger partial charge is 0.239 e. The maximum Gasteiger partial charge on any atom is 0.239 e. The summed E-state index contributed by atoms with van der Waals surface area (Å²) in [5.41, 5.74) is 1.52. The van der Waals surface area contributed by atoms with E-state index in [0.29, 0.717) is 18.0 Å². The second-order valence-electron chi connectivity index (χ2n) is 5.47. The van der Waals surface area contributed by atoms with Gasteiger partial charge in [-0.05, 0) is 24.0 Å². The van der Waals surface area contributed by atoms with E-state index < -0.39 is 10.0 Å². The molecular weight excluding hydrogens is 276 g/mol. The Morgan fingerprint density at radius 3 is 2.65 bits per heavy atom. The van der Waals surface area contributed by atoms with Crippen LogP contribution in [0.4, 0.5) is 5.69 Å². The Bertz CT molecular complexity index is 596. The SMILES string of the molecule is CC(C)CCS(=O)(=O)N1CC(=O)Nc2ccccc2C1. The lowest BCUT2D eigenvalue weighted by molar-refractivity contribution is -0.116.